The zero-order valence-corrected chi connectivity index (χ0v) is 14.4. The lowest BCUT2D eigenvalue weighted by Crippen LogP contribution is -2.52. The van der Waals surface area contributed by atoms with Gasteiger partial charge in [0.25, 0.3) is 0 Å². The Hall–Kier alpha value is -3.00. The Morgan fingerprint density at radius 2 is 1.92 bits per heavy atom. The molecule has 4 rings (SSSR count). The van der Waals surface area contributed by atoms with E-state index in [0.29, 0.717) is 24.3 Å². The maximum absolute atomic E-state index is 13.3. The second-order valence-corrected chi connectivity index (χ2v) is 7.15. The molecule has 0 atom stereocenters. The van der Waals surface area contributed by atoms with Gasteiger partial charge >= 0.3 is 0 Å². The maximum atomic E-state index is 13.3. The van der Waals surface area contributed by atoms with Crippen LogP contribution >= 0.6 is 11.3 Å². The third-order valence-corrected chi connectivity index (χ3v) is 5.38. The number of rotatable bonds is 4. The number of anilines is 2. The minimum absolute atomic E-state index is 0.0831. The van der Waals surface area contributed by atoms with Gasteiger partial charge in [-0.25, -0.2) is 9.37 Å². The van der Waals surface area contributed by atoms with E-state index in [1.807, 2.05) is 4.90 Å². The van der Waals surface area contributed by atoms with Crippen LogP contribution in [0.5, 0.6) is 0 Å². The number of aromatic nitrogens is 1. The Morgan fingerprint density at radius 3 is 2.62 bits per heavy atom. The van der Waals surface area contributed by atoms with Gasteiger partial charge < -0.3 is 16.0 Å². The van der Waals surface area contributed by atoms with E-state index in [4.69, 9.17) is 5.73 Å². The summed E-state index contributed by atoms with van der Waals surface area (Å²) in [5, 5.41) is 3.62. The molecule has 1 aliphatic rings. The Labute approximate surface area is 152 Å². The number of primary amides is 1. The summed E-state index contributed by atoms with van der Waals surface area (Å²) in [6.07, 6.45) is 0. The molecule has 1 fully saturated rings. The number of nitrogens with one attached hydrogen (secondary N) is 1. The first-order chi connectivity index (χ1) is 12.5. The summed E-state index contributed by atoms with van der Waals surface area (Å²) in [5.41, 5.74) is 6.96. The monoisotopic (exact) mass is 370 g/mol. The van der Waals surface area contributed by atoms with Crippen molar-refractivity contribution in [1.29, 1.82) is 0 Å². The summed E-state index contributed by atoms with van der Waals surface area (Å²) in [5.74, 6) is -1.01. The maximum Gasteiger partial charge on any atom is 0.248 e. The van der Waals surface area contributed by atoms with Crippen molar-refractivity contribution in [1.82, 2.24) is 4.98 Å². The van der Waals surface area contributed by atoms with Gasteiger partial charge in [-0.15, -0.1) is 0 Å². The lowest BCUT2D eigenvalue weighted by Gasteiger charge is -2.37. The number of hydrogen-bond donors (Lipinski definition) is 2. The molecular weight excluding hydrogens is 355 g/mol. The normalized spacial score (nSPS) is 14.3. The number of hydrogen-bond acceptors (Lipinski definition) is 5. The number of nitrogens with zero attached hydrogens (tertiary/aromatic N) is 2. The summed E-state index contributed by atoms with van der Waals surface area (Å²) in [6, 6.07) is 11.0. The molecule has 132 valence electrons. The Morgan fingerprint density at radius 1 is 1.19 bits per heavy atom. The molecule has 0 unspecified atom stereocenters. The van der Waals surface area contributed by atoms with Gasteiger partial charge in [0.15, 0.2) is 5.13 Å². The van der Waals surface area contributed by atoms with Crippen LogP contribution in [0.3, 0.4) is 0 Å². The van der Waals surface area contributed by atoms with Gasteiger partial charge in [-0.05, 0) is 42.5 Å². The predicted molar refractivity (Wildman–Crippen MR) is 98.9 cm³/mol. The van der Waals surface area contributed by atoms with Crippen molar-refractivity contribution in [3.63, 3.8) is 0 Å². The smallest absolute Gasteiger partial charge is 0.248 e. The van der Waals surface area contributed by atoms with Crippen LogP contribution in [0.25, 0.3) is 10.2 Å². The molecule has 26 heavy (non-hydrogen) atoms. The molecule has 1 aromatic heterocycles. The molecular formula is C18H15FN4O2S. The van der Waals surface area contributed by atoms with E-state index in [2.05, 4.69) is 10.3 Å². The number of benzene rings is 2. The highest BCUT2D eigenvalue weighted by Gasteiger charge is 2.34. The highest BCUT2D eigenvalue weighted by molar-refractivity contribution is 7.22. The number of halogens is 1. The summed E-state index contributed by atoms with van der Waals surface area (Å²) < 4.78 is 14.1. The first kappa shape index (κ1) is 16.5. The molecule has 0 bridgehead atoms. The molecule has 6 nitrogen and oxygen atoms in total. The van der Waals surface area contributed by atoms with Crippen LogP contribution in [0.4, 0.5) is 15.2 Å². The fraction of sp³-hybridized carbons (Fsp3) is 0.167. The molecule has 2 heterocycles. The molecule has 0 radical (unpaired) electrons. The third kappa shape index (κ3) is 3.11. The van der Waals surface area contributed by atoms with E-state index in [1.165, 1.54) is 23.5 Å². The molecule has 2 aromatic carbocycles. The second kappa shape index (κ2) is 6.38. The van der Waals surface area contributed by atoms with E-state index in [9.17, 15) is 14.0 Å². The Balaban J connectivity index is 1.37. The summed E-state index contributed by atoms with van der Waals surface area (Å²) in [7, 11) is 0. The van der Waals surface area contributed by atoms with Gasteiger partial charge in [0.2, 0.25) is 11.8 Å². The summed E-state index contributed by atoms with van der Waals surface area (Å²) >= 11 is 1.42. The van der Waals surface area contributed by atoms with Crippen molar-refractivity contribution < 1.29 is 14.0 Å². The number of carbonyl (C=O) groups is 2. The van der Waals surface area contributed by atoms with Crippen LogP contribution in [-0.2, 0) is 4.79 Å². The van der Waals surface area contributed by atoms with Gasteiger partial charge in [0.1, 0.15) is 5.82 Å². The minimum Gasteiger partial charge on any atom is -0.366 e. The lowest BCUT2D eigenvalue weighted by atomic mass is 10.00. The second-order valence-electron chi connectivity index (χ2n) is 6.14. The molecule has 1 aliphatic heterocycles. The van der Waals surface area contributed by atoms with Crippen LogP contribution in [0.2, 0.25) is 0 Å². The molecule has 0 saturated carbocycles. The number of thiazole rings is 1. The molecule has 0 aliphatic carbocycles. The molecule has 3 aromatic rings. The predicted octanol–water partition coefficient (Wildman–Crippen LogP) is 2.61. The number of carbonyl (C=O) groups excluding carboxylic acids is 2. The van der Waals surface area contributed by atoms with Crippen LogP contribution in [0.1, 0.15) is 10.4 Å². The van der Waals surface area contributed by atoms with Crippen molar-refractivity contribution in [3.8, 4) is 0 Å². The zero-order valence-electron chi connectivity index (χ0n) is 13.6. The van der Waals surface area contributed by atoms with Crippen LogP contribution in [0, 0.1) is 11.7 Å². The van der Waals surface area contributed by atoms with Crippen molar-refractivity contribution in [2.24, 2.45) is 11.7 Å². The standard InChI is InChI=1S/C18H15FN4O2S/c19-12-3-6-14-15(7-12)26-18(22-14)23-8-11(9-23)17(25)21-13-4-1-10(2-5-13)16(20)24/h1-7,11H,8-9H2,(H2,20,24)(H,21,25). The third-order valence-electron chi connectivity index (χ3n) is 4.30. The molecule has 3 N–H and O–H groups in total. The topological polar surface area (TPSA) is 88.3 Å². The van der Waals surface area contributed by atoms with Gasteiger partial charge in [-0.2, -0.15) is 0 Å². The lowest BCUT2D eigenvalue weighted by molar-refractivity contribution is -0.120. The number of amides is 2. The van der Waals surface area contributed by atoms with E-state index < -0.39 is 5.91 Å². The Kier molecular flexibility index (Phi) is 4.04. The van der Waals surface area contributed by atoms with E-state index in [0.717, 1.165) is 15.3 Å². The van der Waals surface area contributed by atoms with Crippen molar-refractivity contribution in [2.45, 2.75) is 0 Å². The molecule has 2 amide bonds. The summed E-state index contributed by atoms with van der Waals surface area (Å²) in [6.45, 7) is 1.13. The Bertz CT molecular complexity index is 996. The quantitative estimate of drug-likeness (QED) is 0.739. The molecule has 8 heteroatoms. The number of fused-ring (bicyclic) bond motifs is 1. The average molecular weight is 370 g/mol. The fourth-order valence-corrected chi connectivity index (χ4v) is 3.79. The van der Waals surface area contributed by atoms with Gasteiger partial charge in [0.05, 0.1) is 16.1 Å². The first-order valence-electron chi connectivity index (χ1n) is 8.01. The van der Waals surface area contributed by atoms with Crippen molar-refractivity contribution >= 4 is 44.2 Å². The minimum atomic E-state index is -0.506. The molecule has 0 spiro atoms. The van der Waals surface area contributed by atoms with E-state index >= 15 is 0 Å². The highest BCUT2D eigenvalue weighted by atomic mass is 32.1. The van der Waals surface area contributed by atoms with E-state index in [-0.39, 0.29) is 17.6 Å². The van der Waals surface area contributed by atoms with E-state index in [1.54, 1.807) is 30.3 Å². The zero-order chi connectivity index (χ0) is 18.3. The average Bonchev–Trinajstić information content (AvgIpc) is 2.96. The fourth-order valence-electron chi connectivity index (χ4n) is 2.78. The van der Waals surface area contributed by atoms with Gasteiger partial charge in [0, 0.05) is 24.3 Å². The molecule has 1 saturated heterocycles. The summed E-state index contributed by atoms with van der Waals surface area (Å²) in [4.78, 5) is 29.9. The van der Waals surface area contributed by atoms with Crippen molar-refractivity contribution in [2.75, 3.05) is 23.3 Å². The first-order valence-corrected chi connectivity index (χ1v) is 8.83. The van der Waals surface area contributed by atoms with Crippen LogP contribution < -0.4 is 16.0 Å². The van der Waals surface area contributed by atoms with Crippen LogP contribution in [0.15, 0.2) is 42.5 Å². The largest absolute Gasteiger partial charge is 0.366 e. The number of nitrogens with two attached hydrogens (primary N) is 1. The van der Waals surface area contributed by atoms with Crippen LogP contribution in [-0.4, -0.2) is 29.9 Å². The van der Waals surface area contributed by atoms with Gasteiger partial charge in [-0.3, -0.25) is 9.59 Å². The SMILES string of the molecule is NC(=O)c1ccc(NC(=O)C2CN(c3nc4ccc(F)cc4s3)C2)cc1. The van der Waals surface area contributed by atoms with Gasteiger partial charge in [-0.1, -0.05) is 11.3 Å². The highest BCUT2D eigenvalue weighted by Crippen LogP contribution is 2.33. The van der Waals surface area contributed by atoms with Crippen molar-refractivity contribution in [3.05, 3.63) is 53.8 Å².